The summed E-state index contributed by atoms with van der Waals surface area (Å²) in [5.74, 6) is 0.821. The predicted octanol–water partition coefficient (Wildman–Crippen LogP) is 3.44. The quantitative estimate of drug-likeness (QED) is 0.805. The minimum atomic E-state index is 0.107. The zero-order chi connectivity index (χ0) is 13.4. The van der Waals surface area contributed by atoms with Gasteiger partial charge in [-0.2, -0.15) is 0 Å². The second-order valence-corrected chi connectivity index (χ2v) is 6.55. The molecule has 0 radical (unpaired) electrons. The van der Waals surface area contributed by atoms with E-state index >= 15 is 0 Å². The summed E-state index contributed by atoms with van der Waals surface area (Å²) < 4.78 is 0.907. The van der Waals surface area contributed by atoms with Gasteiger partial charge in [0, 0.05) is 22.7 Å². The van der Waals surface area contributed by atoms with Gasteiger partial charge in [0.05, 0.1) is 5.56 Å². The number of carbonyl (C=O) groups is 1. The maximum absolute atomic E-state index is 12.7. The minimum absolute atomic E-state index is 0.107. The third kappa shape index (κ3) is 2.38. The Kier molecular flexibility index (Phi) is 3.52. The van der Waals surface area contributed by atoms with Crippen molar-refractivity contribution in [3.63, 3.8) is 0 Å². The molecule has 1 aliphatic carbocycles. The fraction of sp³-hybridized carbons (Fsp3) is 0.533. The highest BCUT2D eigenvalue weighted by atomic mass is 79.9. The summed E-state index contributed by atoms with van der Waals surface area (Å²) in [4.78, 5) is 14.8. The Labute approximate surface area is 122 Å². The summed E-state index contributed by atoms with van der Waals surface area (Å²) in [5.41, 5.74) is 7.18. The Hall–Kier alpha value is -1.03. The van der Waals surface area contributed by atoms with E-state index in [9.17, 15) is 4.79 Å². The summed E-state index contributed by atoms with van der Waals surface area (Å²) in [7, 11) is 0. The van der Waals surface area contributed by atoms with Crippen LogP contribution in [0.5, 0.6) is 0 Å². The molecule has 3 nitrogen and oxygen atoms in total. The summed E-state index contributed by atoms with van der Waals surface area (Å²) in [6.07, 6.45) is 6.10. The number of amides is 1. The summed E-state index contributed by atoms with van der Waals surface area (Å²) in [6, 6.07) is 5.96. The molecule has 1 amide bonds. The molecule has 102 valence electrons. The average molecular weight is 323 g/mol. The molecule has 1 saturated heterocycles. The number of carbonyl (C=O) groups excluding carboxylic acids is 1. The van der Waals surface area contributed by atoms with Crippen LogP contribution >= 0.6 is 15.9 Å². The van der Waals surface area contributed by atoms with Crippen molar-refractivity contribution in [1.82, 2.24) is 4.90 Å². The number of piperidine rings is 1. The van der Waals surface area contributed by atoms with Crippen LogP contribution in [0.4, 0.5) is 5.69 Å². The number of nitrogens with zero attached hydrogens (tertiary/aromatic N) is 1. The van der Waals surface area contributed by atoms with Gasteiger partial charge in [-0.1, -0.05) is 22.4 Å². The van der Waals surface area contributed by atoms with Crippen LogP contribution in [0.2, 0.25) is 0 Å². The van der Waals surface area contributed by atoms with Gasteiger partial charge in [0.25, 0.3) is 5.91 Å². The van der Waals surface area contributed by atoms with Crippen molar-refractivity contribution in [2.75, 3.05) is 12.3 Å². The number of nitrogen functional groups attached to an aromatic ring is 1. The standard InChI is InChI=1S/C15H19BrN2O/c16-11-6-7-13(17)12(9-11)15(19)18-8-2-4-10-3-1-5-14(10)18/h6-7,9-10,14H,1-5,8,17H2. The van der Waals surface area contributed by atoms with Crippen LogP contribution in [-0.4, -0.2) is 23.4 Å². The van der Waals surface area contributed by atoms with Crippen molar-refractivity contribution < 1.29 is 4.79 Å². The van der Waals surface area contributed by atoms with E-state index in [1.807, 2.05) is 12.1 Å². The summed E-state index contributed by atoms with van der Waals surface area (Å²) >= 11 is 3.42. The molecule has 2 aliphatic rings. The fourth-order valence-electron chi connectivity index (χ4n) is 3.57. The molecular formula is C15H19BrN2O. The second-order valence-electron chi connectivity index (χ2n) is 5.63. The average Bonchev–Trinajstić information content (AvgIpc) is 2.89. The normalized spacial score (nSPS) is 26.3. The number of likely N-dealkylation sites (tertiary alicyclic amines) is 1. The lowest BCUT2D eigenvalue weighted by molar-refractivity contribution is 0.0549. The molecule has 0 aromatic heterocycles. The lowest BCUT2D eigenvalue weighted by Gasteiger charge is -2.38. The van der Waals surface area contributed by atoms with E-state index < -0.39 is 0 Å². The number of hydrogen-bond acceptors (Lipinski definition) is 2. The van der Waals surface area contributed by atoms with E-state index in [1.54, 1.807) is 6.07 Å². The molecule has 1 aliphatic heterocycles. The van der Waals surface area contributed by atoms with Crippen molar-refractivity contribution in [2.45, 2.75) is 38.1 Å². The van der Waals surface area contributed by atoms with Crippen LogP contribution in [0, 0.1) is 5.92 Å². The molecule has 2 atom stereocenters. The molecule has 3 rings (SSSR count). The number of hydrogen-bond donors (Lipinski definition) is 1. The number of benzene rings is 1. The third-order valence-corrected chi connectivity index (χ3v) is 4.99. The highest BCUT2D eigenvalue weighted by molar-refractivity contribution is 9.10. The topological polar surface area (TPSA) is 46.3 Å². The molecule has 4 heteroatoms. The molecule has 2 unspecified atom stereocenters. The fourth-order valence-corrected chi connectivity index (χ4v) is 3.94. The van der Waals surface area contributed by atoms with E-state index in [-0.39, 0.29) is 5.91 Å². The van der Waals surface area contributed by atoms with Crippen LogP contribution in [0.15, 0.2) is 22.7 Å². The highest BCUT2D eigenvalue weighted by Crippen LogP contribution is 2.37. The second kappa shape index (κ2) is 5.16. The van der Waals surface area contributed by atoms with Crippen LogP contribution in [0.25, 0.3) is 0 Å². The number of halogens is 1. The SMILES string of the molecule is Nc1ccc(Br)cc1C(=O)N1CCCC2CCCC21. The van der Waals surface area contributed by atoms with Crippen LogP contribution in [-0.2, 0) is 0 Å². The molecule has 0 spiro atoms. The van der Waals surface area contributed by atoms with Crippen LogP contribution in [0.1, 0.15) is 42.5 Å². The smallest absolute Gasteiger partial charge is 0.256 e. The molecule has 1 saturated carbocycles. The van der Waals surface area contributed by atoms with Gasteiger partial charge in [0.1, 0.15) is 0 Å². The van der Waals surface area contributed by atoms with Crippen LogP contribution < -0.4 is 5.73 Å². The molecule has 1 aromatic carbocycles. The van der Waals surface area contributed by atoms with Crippen molar-refractivity contribution in [3.05, 3.63) is 28.2 Å². The van der Waals surface area contributed by atoms with Gasteiger partial charge in [-0.15, -0.1) is 0 Å². The van der Waals surface area contributed by atoms with Gasteiger partial charge in [-0.25, -0.2) is 0 Å². The molecule has 19 heavy (non-hydrogen) atoms. The van der Waals surface area contributed by atoms with E-state index in [1.165, 1.54) is 19.3 Å². The first-order valence-corrected chi connectivity index (χ1v) is 7.82. The van der Waals surface area contributed by atoms with Gasteiger partial charge in [0.15, 0.2) is 0 Å². The van der Waals surface area contributed by atoms with Gasteiger partial charge in [-0.05, 0) is 49.8 Å². The van der Waals surface area contributed by atoms with E-state index in [2.05, 4.69) is 20.8 Å². The van der Waals surface area contributed by atoms with Gasteiger partial charge in [-0.3, -0.25) is 4.79 Å². The number of anilines is 1. The maximum Gasteiger partial charge on any atom is 0.256 e. The monoisotopic (exact) mass is 322 g/mol. The molecule has 0 bridgehead atoms. The molecule has 2 N–H and O–H groups in total. The first kappa shape index (κ1) is 13.0. The Morgan fingerprint density at radius 2 is 2.05 bits per heavy atom. The van der Waals surface area contributed by atoms with Gasteiger partial charge in [0.2, 0.25) is 0 Å². The number of fused-ring (bicyclic) bond motifs is 1. The van der Waals surface area contributed by atoms with E-state index in [0.29, 0.717) is 23.2 Å². The van der Waals surface area contributed by atoms with Crippen molar-refractivity contribution in [2.24, 2.45) is 5.92 Å². The summed E-state index contributed by atoms with van der Waals surface area (Å²) in [5, 5.41) is 0. The predicted molar refractivity (Wildman–Crippen MR) is 80.0 cm³/mol. The Morgan fingerprint density at radius 3 is 2.89 bits per heavy atom. The zero-order valence-electron chi connectivity index (χ0n) is 10.9. The van der Waals surface area contributed by atoms with Gasteiger partial charge >= 0.3 is 0 Å². The molecule has 1 aromatic rings. The lowest BCUT2D eigenvalue weighted by Crippen LogP contribution is -2.46. The minimum Gasteiger partial charge on any atom is -0.398 e. The lowest BCUT2D eigenvalue weighted by atomic mass is 9.91. The van der Waals surface area contributed by atoms with Crippen molar-refractivity contribution in [1.29, 1.82) is 0 Å². The number of nitrogens with two attached hydrogens (primary N) is 1. The summed E-state index contributed by atoms with van der Waals surface area (Å²) in [6.45, 7) is 0.881. The number of rotatable bonds is 1. The molecule has 1 heterocycles. The van der Waals surface area contributed by atoms with Gasteiger partial charge < -0.3 is 10.6 Å². The third-order valence-electron chi connectivity index (χ3n) is 4.50. The first-order valence-electron chi connectivity index (χ1n) is 7.03. The van der Waals surface area contributed by atoms with Crippen molar-refractivity contribution in [3.8, 4) is 0 Å². The Morgan fingerprint density at radius 1 is 1.26 bits per heavy atom. The van der Waals surface area contributed by atoms with Crippen molar-refractivity contribution >= 4 is 27.5 Å². The Bertz CT molecular complexity index is 503. The van der Waals surface area contributed by atoms with E-state index in [4.69, 9.17) is 5.73 Å². The molecule has 2 fully saturated rings. The highest BCUT2D eigenvalue weighted by Gasteiger charge is 2.37. The molecular weight excluding hydrogens is 304 g/mol. The van der Waals surface area contributed by atoms with E-state index in [0.717, 1.165) is 23.9 Å². The first-order chi connectivity index (χ1) is 9.16. The maximum atomic E-state index is 12.7. The van der Waals surface area contributed by atoms with Crippen LogP contribution in [0.3, 0.4) is 0 Å². The largest absolute Gasteiger partial charge is 0.398 e. The zero-order valence-corrected chi connectivity index (χ0v) is 12.5. The Balaban J connectivity index is 1.88.